The molecule has 1 aliphatic heterocycles. The van der Waals surface area contributed by atoms with Gasteiger partial charge in [-0.25, -0.2) is 4.79 Å². The maximum atomic E-state index is 11.7. The van der Waals surface area contributed by atoms with E-state index in [1.165, 1.54) is 31.5 Å². The van der Waals surface area contributed by atoms with E-state index in [-0.39, 0.29) is 12.1 Å². The molecule has 3 rings (SSSR count). The van der Waals surface area contributed by atoms with E-state index in [9.17, 15) is 4.79 Å². The third-order valence-electron chi connectivity index (χ3n) is 4.46. The minimum absolute atomic E-state index is 0.188. The molecule has 0 atom stereocenters. The Balaban J connectivity index is 1.57. The number of carbonyl (C=O) groups excluding carboxylic acids is 1. The Morgan fingerprint density at radius 1 is 1.48 bits per heavy atom. The summed E-state index contributed by atoms with van der Waals surface area (Å²) >= 11 is 7.19. The largest absolute Gasteiger partial charge is 0.489 e. The van der Waals surface area contributed by atoms with E-state index in [1.54, 1.807) is 6.07 Å². The topological polar surface area (TPSA) is 38.8 Å². The van der Waals surface area contributed by atoms with Crippen LogP contribution in [0.5, 0.6) is 5.75 Å². The van der Waals surface area contributed by atoms with E-state index in [0.717, 1.165) is 12.8 Å². The quantitative estimate of drug-likeness (QED) is 0.793. The molecular formula is C15H20ClNO3S. The van der Waals surface area contributed by atoms with Crippen LogP contribution in [-0.2, 0) is 4.74 Å². The Hall–Kier alpha value is -0.780. The van der Waals surface area contributed by atoms with Crippen molar-refractivity contribution in [1.82, 2.24) is 4.90 Å². The van der Waals surface area contributed by atoms with Gasteiger partial charge in [0.2, 0.25) is 0 Å². The molecule has 21 heavy (non-hydrogen) atoms. The van der Waals surface area contributed by atoms with E-state index in [0.29, 0.717) is 26.4 Å². The number of methoxy groups -OCH3 is 1. The first kappa shape index (κ1) is 15.1. The number of ether oxygens (including phenoxy) is 2. The van der Waals surface area contributed by atoms with Gasteiger partial charge in [0.15, 0.2) is 4.88 Å². The number of thiophene rings is 1. The zero-order chi connectivity index (χ0) is 15.2. The summed E-state index contributed by atoms with van der Waals surface area (Å²) in [5.74, 6) is 0.183. The fourth-order valence-corrected chi connectivity index (χ4v) is 4.34. The van der Waals surface area contributed by atoms with Gasteiger partial charge in [0.1, 0.15) is 11.9 Å². The maximum Gasteiger partial charge on any atom is 0.351 e. The molecule has 1 aromatic heterocycles. The molecule has 0 bridgehead atoms. The second-order valence-electron chi connectivity index (χ2n) is 6.38. The van der Waals surface area contributed by atoms with E-state index >= 15 is 0 Å². The van der Waals surface area contributed by atoms with Crippen LogP contribution >= 0.6 is 22.9 Å². The van der Waals surface area contributed by atoms with Gasteiger partial charge in [-0.15, -0.1) is 11.3 Å². The van der Waals surface area contributed by atoms with Crippen molar-refractivity contribution in [3.05, 3.63) is 15.3 Å². The molecule has 0 unspecified atom stereocenters. The van der Waals surface area contributed by atoms with E-state index in [4.69, 9.17) is 21.1 Å². The lowest BCUT2D eigenvalue weighted by Crippen LogP contribution is -2.66. The van der Waals surface area contributed by atoms with Crippen LogP contribution in [0.1, 0.15) is 36.4 Å². The summed E-state index contributed by atoms with van der Waals surface area (Å²) < 4.78 is 11.3. The first-order chi connectivity index (χ1) is 9.92. The zero-order valence-corrected chi connectivity index (χ0v) is 14.1. The summed E-state index contributed by atoms with van der Waals surface area (Å²) in [6, 6.07) is 2.34. The molecule has 1 spiro atoms. The standard InChI is InChI=1S/C15H20ClNO3S/c1-9(2)17-7-15(8-17)5-10(6-15)20-11-4-12(16)21-13(11)14(18)19-3/h4,9-10H,5-8H2,1-3H3. The van der Waals surface area contributed by atoms with Gasteiger partial charge in [-0.1, -0.05) is 11.6 Å². The summed E-state index contributed by atoms with van der Waals surface area (Å²) in [5.41, 5.74) is 0.445. The molecule has 1 aliphatic carbocycles. The Morgan fingerprint density at radius 3 is 2.71 bits per heavy atom. The van der Waals surface area contributed by atoms with Crippen LogP contribution in [0, 0.1) is 5.41 Å². The molecule has 0 N–H and O–H groups in total. The molecular weight excluding hydrogens is 310 g/mol. The minimum atomic E-state index is -0.384. The number of carbonyl (C=O) groups is 1. The van der Waals surface area contributed by atoms with Crippen molar-refractivity contribution in [3.8, 4) is 5.75 Å². The molecule has 2 fully saturated rings. The van der Waals surface area contributed by atoms with Crippen LogP contribution in [0.15, 0.2) is 6.07 Å². The third-order valence-corrected chi connectivity index (χ3v) is 5.69. The lowest BCUT2D eigenvalue weighted by molar-refractivity contribution is -0.129. The summed E-state index contributed by atoms with van der Waals surface area (Å²) in [5, 5.41) is 0. The Bertz CT molecular complexity index is 543. The summed E-state index contributed by atoms with van der Waals surface area (Å²) in [6.45, 7) is 6.79. The fraction of sp³-hybridized carbons (Fsp3) is 0.667. The van der Waals surface area contributed by atoms with Crippen molar-refractivity contribution in [2.75, 3.05) is 20.2 Å². The Kier molecular flexibility index (Phi) is 3.93. The van der Waals surface area contributed by atoms with Gasteiger partial charge in [-0.05, 0) is 26.7 Å². The van der Waals surface area contributed by atoms with Crippen LogP contribution < -0.4 is 4.74 Å². The van der Waals surface area contributed by atoms with Crippen molar-refractivity contribution in [3.63, 3.8) is 0 Å². The van der Waals surface area contributed by atoms with Gasteiger partial charge in [0, 0.05) is 30.6 Å². The maximum absolute atomic E-state index is 11.7. The van der Waals surface area contributed by atoms with Crippen molar-refractivity contribution >= 4 is 28.9 Å². The predicted molar refractivity (Wildman–Crippen MR) is 83.5 cm³/mol. The van der Waals surface area contributed by atoms with Crippen molar-refractivity contribution in [2.24, 2.45) is 5.41 Å². The number of hydrogen-bond acceptors (Lipinski definition) is 5. The van der Waals surface area contributed by atoms with Crippen LogP contribution in [0.2, 0.25) is 4.34 Å². The van der Waals surface area contributed by atoms with Crippen molar-refractivity contribution < 1.29 is 14.3 Å². The first-order valence-corrected chi connectivity index (χ1v) is 8.40. The number of nitrogens with zero attached hydrogens (tertiary/aromatic N) is 1. The van der Waals surface area contributed by atoms with Gasteiger partial charge < -0.3 is 9.47 Å². The molecule has 0 amide bonds. The molecule has 2 heterocycles. The minimum Gasteiger partial charge on any atom is -0.489 e. The first-order valence-electron chi connectivity index (χ1n) is 7.21. The van der Waals surface area contributed by atoms with Gasteiger partial charge >= 0.3 is 5.97 Å². The number of esters is 1. The van der Waals surface area contributed by atoms with Crippen LogP contribution in [0.4, 0.5) is 0 Å². The van der Waals surface area contributed by atoms with Gasteiger partial charge in [-0.3, -0.25) is 4.90 Å². The monoisotopic (exact) mass is 329 g/mol. The summed E-state index contributed by atoms with van der Waals surface area (Å²) in [7, 11) is 1.37. The molecule has 1 aromatic rings. The molecule has 116 valence electrons. The van der Waals surface area contributed by atoms with Crippen molar-refractivity contribution in [1.29, 1.82) is 0 Å². The molecule has 2 aliphatic rings. The average Bonchev–Trinajstić information content (AvgIpc) is 2.70. The highest BCUT2D eigenvalue weighted by Crippen LogP contribution is 2.50. The van der Waals surface area contributed by atoms with Gasteiger partial charge in [0.25, 0.3) is 0 Å². The second kappa shape index (κ2) is 5.45. The van der Waals surface area contributed by atoms with Crippen LogP contribution in [0.3, 0.4) is 0 Å². The average molecular weight is 330 g/mol. The number of halogens is 1. The lowest BCUT2D eigenvalue weighted by Gasteiger charge is -2.59. The summed E-state index contributed by atoms with van der Waals surface area (Å²) in [6.07, 6.45) is 2.31. The summed E-state index contributed by atoms with van der Waals surface area (Å²) in [4.78, 5) is 14.6. The molecule has 0 radical (unpaired) electrons. The van der Waals surface area contributed by atoms with Gasteiger partial charge in [0.05, 0.1) is 11.4 Å². The highest BCUT2D eigenvalue weighted by molar-refractivity contribution is 7.18. The number of likely N-dealkylation sites (tertiary alicyclic amines) is 1. The third kappa shape index (κ3) is 2.79. The normalized spacial score (nSPS) is 21.2. The molecule has 4 nitrogen and oxygen atoms in total. The molecule has 6 heteroatoms. The molecule has 0 aromatic carbocycles. The van der Waals surface area contributed by atoms with Crippen molar-refractivity contribution in [2.45, 2.75) is 38.8 Å². The van der Waals surface area contributed by atoms with E-state index in [2.05, 4.69) is 18.7 Å². The fourth-order valence-electron chi connectivity index (χ4n) is 3.28. The number of rotatable bonds is 4. The van der Waals surface area contributed by atoms with Crippen LogP contribution in [0.25, 0.3) is 0 Å². The van der Waals surface area contributed by atoms with E-state index < -0.39 is 0 Å². The molecule has 1 saturated carbocycles. The SMILES string of the molecule is COC(=O)c1sc(Cl)cc1OC1CC2(C1)CN(C(C)C)C2. The second-order valence-corrected chi connectivity index (χ2v) is 8.07. The molecule has 1 saturated heterocycles. The Labute approximate surface area is 134 Å². The Morgan fingerprint density at radius 2 is 2.14 bits per heavy atom. The highest BCUT2D eigenvalue weighted by atomic mass is 35.5. The highest BCUT2D eigenvalue weighted by Gasteiger charge is 2.53. The van der Waals surface area contributed by atoms with Gasteiger partial charge in [-0.2, -0.15) is 0 Å². The van der Waals surface area contributed by atoms with E-state index in [1.807, 2.05) is 0 Å². The smallest absolute Gasteiger partial charge is 0.351 e. The predicted octanol–water partition coefficient (Wildman–Crippen LogP) is 3.44. The lowest BCUT2D eigenvalue weighted by atomic mass is 9.61. The van der Waals surface area contributed by atoms with Crippen LogP contribution in [-0.4, -0.2) is 43.2 Å². The number of hydrogen-bond donors (Lipinski definition) is 0. The zero-order valence-electron chi connectivity index (χ0n) is 12.5.